The molecule has 1 aliphatic heterocycles. The van der Waals surface area contributed by atoms with Crippen LogP contribution in [0.3, 0.4) is 0 Å². The summed E-state index contributed by atoms with van der Waals surface area (Å²) in [6, 6.07) is 19.3. The van der Waals surface area contributed by atoms with Crippen molar-refractivity contribution in [2.45, 2.75) is 13.0 Å². The molecule has 1 aliphatic rings. The molecule has 0 amide bonds. The average molecular weight is 238 g/mol. The van der Waals surface area contributed by atoms with Crippen LogP contribution in [0.25, 0.3) is 0 Å². The Morgan fingerprint density at radius 3 is 2.61 bits per heavy atom. The molecule has 2 aromatic rings. The van der Waals surface area contributed by atoms with Crippen molar-refractivity contribution < 1.29 is 0 Å². The van der Waals surface area contributed by atoms with Gasteiger partial charge in [-0.2, -0.15) is 0 Å². The van der Waals surface area contributed by atoms with Crippen molar-refractivity contribution in [2.24, 2.45) is 0 Å². The van der Waals surface area contributed by atoms with Crippen LogP contribution in [0.2, 0.25) is 0 Å². The van der Waals surface area contributed by atoms with E-state index in [1.165, 1.54) is 23.4 Å². The van der Waals surface area contributed by atoms with Gasteiger partial charge in [-0.3, -0.25) is 0 Å². The molecule has 0 spiro atoms. The Labute approximate surface area is 108 Å². The van der Waals surface area contributed by atoms with Crippen molar-refractivity contribution in [2.75, 3.05) is 23.3 Å². The minimum absolute atomic E-state index is 0.986. The van der Waals surface area contributed by atoms with E-state index in [-0.39, 0.29) is 0 Å². The van der Waals surface area contributed by atoms with E-state index in [4.69, 9.17) is 0 Å². The fraction of sp³-hybridized carbons (Fsp3) is 0.250. The van der Waals surface area contributed by atoms with E-state index in [9.17, 15) is 0 Å². The Bertz CT molecular complexity index is 508. The van der Waals surface area contributed by atoms with Crippen LogP contribution in [-0.2, 0) is 6.54 Å². The van der Waals surface area contributed by atoms with Gasteiger partial charge >= 0.3 is 0 Å². The van der Waals surface area contributed by atoms with Crippen LogP contribution < -0.4 is 10.2 Å². The van der Waals surface area contributed by atoms with Crippen LogP contribution in [0.15, 0.2) is 54.6 Å². The molecule has 0 saturated heterocycles. The third kappa shape index (κ3) is 2.33. The van der Waals surface area contributed by atoms with Crippen LogP contribution in [0, 0.1) is 0 Å². The summed E-state index contributed by atoms with van der Waals surface area (Å²) in [5.74, 6) is 0. The number of para-hydroxylation sites is 2. The van der Waals surface area contributed by atoms with Crippen molar-refractivity contribution in [3.63, 3.8) is 0 Å². The van der Waals surface area contributed by atoms with Gasteiger partial charge in [-0.15, -0.1) is 0 Å². The maximum absolute atomic E-state index is 3.50. The molecular weight excluding hydrogens is 220 g/mol. The zero-order valence-corrected chi connectivity index (χ0v) is 10.5. The largest absolute Gasteiger partial charge is 0.383 e. The Morgan fingerprint density at radius 2 is 1.72 bits per heavy atom. The van der Waals surface area contributed by atoms with Crippen molar-refractivity contribution in [3.8, 4) is 0 Å². The van der Waals surface area contributed by atoms with E-state index in [1.807, 2.05) is 0 Å². The van der Waals surface area contributed by atoms with Crippen LogP contribution in [0.4, 0.5) is 11.4 Å². The van der Waals surface area contributed by atoms with Gasteiger partial charge in [-0.25, -0.2) is 0 Å². The summed E-state index contributed by atoms with van der Waals surface area (Å²) in [5.41, 5.74) is 3.94. The molecule has 18 heavy (non-hydrogen) atoms. The van der Waals surface area contributed by atoms with Gasteiger partial charge < -0.3 is 10.2 Å². The maximum Gasteiger partial charge on any atom is 0.0605 e. The third-order valence-electron chi connectivity index (χ3n) is 3.38. The van der Waals surface area contributed by atoms with Crippen molar-refractivity contribution in [3.05, 3.63) is 60.2 Å². The van der Waals surface area contributed by atoms with Gasteiger partial charge in [0.2, 0.25) is 0 Å². The second-order valence-corrected chi connectivity index (χ2v) is 4.70. The van der Waals surface area contributed by atoms with Crippen LogP contribution >= 0.6 is 0 Å². The first kappa shape index (κ1) is 11.1. The van der Waals surface area contributed by atoms with Crippen LogP contribution in [0.5, 0.6) is 0 Å². The number of hydrogen-bond acceptors (Lipinski definition) is 2. The Hall–Kier alpha value is -1.96. The second kappa shape index (κ2) is 5.13. The number of rotatable bonds is 2. The molecule has 0 fully saturated rings. The molecule has 0 atom stereocenters. The lowest BCUT2D eigenvalue weighted by Gasteiger charge is -2.24. The molecule has 1 heterocycles. The van der Waals surface area contributed by atoms with Crippen molar-refractivity contribution >= 4 is 11.4 Å². The second-order valence-electron chi connectivity index (χ2n) is 4.70. The zero-order chi connectivity index (χ0) is 12.2. The first-order chi connectivity index (χ1) is 8.93. The minimum Gasteiger partial charge on any atom is -0.383 e. The molecule has 0 bridgehead atoms. The Morgan fingerprint density at radius 1 is 0.944 bits per heavy atom. The maximum atomic E-state index is 3.50. The number of nitrogens with zero attached hydrogens (tertiary/aromatic N) is 1. The smallest absolute Gasteiger partial charge is 0.0605 e. The molecule has 3 rings (SSSR count). The summed E-state index contributed by atoms with van der Waals surface area (Å²) in [4.78, 5) is 2.46. The molecule has 0 saturated carbocycles. The van der Waals surface area contributed by atoms with Gasteiger partial charge in [0.25, 0.3) is 0 Å². The Kier molecular flexibility index (Phi) is 3.18. The average Bonchev–Trinajstić information content (AvgIpc) is 2.63. The summed E-state index contributed by atoms with van der Waals surface area (Å²) in [6.07, 6.45) is 1.18. The number of benzene rings is 2. The van der Waals surface area contributed by atoms with Crippen molar-refractivity contribution in [1.82, 2.24) is 0 Å². The predicted molar refractivity (Wildman–Crippen MR) is 77.0 cm³/mol. The summed E-state index contributed by atoms with van der Waals surface area (Å²) >= 11 is 0. The standard InChI is InChI=1S/C16H18N2/c1-2-7-14(8-3-1)13-18-12-6-11-17-15-9-4-5-10-16(15)18/h1-5,7-10,17H,6,11-13H2. The highest BCUT2D eigenvalue weighted by Crippen LogP contribution is 2.29. The number of anilines is 2. The predicted octanol–water partition coefficient (Wildman–Crippen LogP) is 3.51. The van der Waals surface area contributed by atoms with Crippen LogP contribution in [0.1, 0.15) is 12.0 Å². The fourth-order valence-corrected chi connectivity index (χ4v) is 2.48. The summed E-state index contributed by atoms with van der Waals surface area (Å²) in [7, 11) is 0. The van der Waals surface area contributed by atoms with E-state index in [2.05, 4.69) is 64.8 Å². The Balaban J connectivity index is 1.88. The molecule has 0 aromatic heterocycles. The van der Waals surface area contributed by atoms with Gasteiger partial charge in [-0.1, -0.05) is 42.5 Å². The zero-order valence-electron chi connectivity index (χ0n) is 10.5. The van der Waals surface area contributed by atoms with E-state index in [0.717, 1.165) is 19.6 Å². The summed E-state index contributed by atoms with van der Waals surface area (Å²) in [6.45, 7) is 3.15. The van der Waals surface area contributed by atoms with Gasteiger partial charge in [0.1, 0.15) is 0 Å². The fourth-order valence-electron chi connectivity index (χ4n) is 2.48. The van der Waals surface area contributed by atoms with E-state index < -0.39 is 0 Å². The summed E-state index contributed by atoms with van der Waals surface area (Å²) in [5, 5.41) is 3.50. The lowest BCUT2D eigenvalue weighted by atomic mass is 10.2. The lowest BCUT2D eigenvalue weighted by Crippen LogP contribution is -2.23. The van der Waals surface area contributed by atoms with Crippen molar-refractivity contribution in [1.29, 1.82) is 0 Å². The van der Waals surface area contributed by atoms with E-state index in [1.54, 1.807) is 0 Å². The highest BCUT2D eigenvalue weighted by molar-refractivity contribution is 5.70. The molecule has 0 aliphatic carbocycles. The van der Waals surface area contributed by atoms with Gasteiger partial charge in [-0.05, 0) is 24.1 Å². The lowest BCUT2D eigenvalue weighted by molar-refractivity contribution is 0.764. The first-order valence-corrected chi connectivity index (χ1v) is 6.55. The van der Waals surface area contributed by atoms with E-state index in [0.29, 0.717) is 0 Å². The van der Waals surface area contributed by atoms with E-state index >= 15 is 0 Å². The van der Waals surface area contributed by atoms with Gasteiger partial charge in [0.05, 0.1) is 11.4 Å². The molecule has 2 heteroatoms. The normalized spacial score (nSPS) is 14.6. The molecule has 2 nitrogen and oxygen atoms in total. The first-order valence-electron chi connectivity index (χ1n) is 6.55. The number of hydrogen-bond donors (Lipinski definition) is 1. The van der Waals surface area contributed by atoms with Crippen LogP contribution in [-0.4, -0.2) is 13.1 Å². The van der Waals surface area contributed by atoms with Gasteiger partial charge in [0, 0.05) is 19.6 Å². The molecule has 2 aromatic carbocycles. The topological polar surface area (TPSA) is 15.3 Å². The number of fused-ring (bicyclic) bond motifs is 1. The SMILES string of the molecule is c1ccc(CN2CCCNc3ccccc32)cc1. The van der Waals surface area contributed by atoms with Gasteiger partial charge in [0.15, 0.2) is 0 Å². The highest BCUT2D eigenvalue weighted by Gasteiger charge is 2.14. The highest BCUT2D eigenvalue weighted by atomic mass is 15.2. The number of nitrogens with one attached hydrogen (secondary N) is 1. The monoisotopic (exact) mass is 238 g/mol. The molecule has 0 unspecified atom stereocenters. The molecule has 0 radical (unpaired) electrons. The molecule has 92 valence electrons. The molecule has 1 N–H and O–H groups in total. The molecular formula is C16H18N2. The quantitative estimate of drug-likeness (QED) is 0.861. The third-order valence-corrected chi connectivity index (χ3v) is 3.38. The minimum atomic E-state index is 0.986. The summed E-state index contributed by atoms with van der Waals surface area (Å²) < 4.78 is 0.